The maximum absolute atomic E-state index is 12.5. The summed E-state index contributed by atoms with van der Waals surface area (Å²) in [4.78, 5) is 16.7. The van der Waals surface area contributed by atoms with Gasteiger partial charge in [-0.1, -0.05) is 29.3 Å². The number of amides is 1. The molecule has 2 heterocycles. The molecule has 1 aromatic heterocycles. The first-order valence-corrected chi connectivity index (χ1v) is 8.80. The van der Waals surface area contributed by atoms with Crippen LogP contribution < -0.4 is 0 Å². The van der Waals surface area contributed by atoms with Crippen LogP contribution in [0, 0.1) is 0 Å². The fraction of sp³-hybridized carbons (Fsp3) is 0.412. The summed E-state index contributed by atoms with van der Waals surface area (Å²) in [6.07, 6.45) is 3.46. The number of aryl methyl sites for hydroxylation is 1. The van der Waals surface area contributed by atoms with Gasteiger partial charge in [0.1, 0.15) is 0 Å². The second kappa shape index (κ2) is 7.55. The van der Waals surface area contributed by atoms with Gasteiger partial charge >= 0.3 is 0 Å². The third-order valence-corrected chi connectivity index (χ3v) is 4.99. The summed E-state index contributed by atoms with van der Waals surface area (Å²) in [5, 5.41) is 5.32. The lowest BCUT2D eigenvalue weighted by atomic mass is 10.2. The highest BCUT2D eigenvalue weighted by molar-refractivity contribution is 6.42. The van der Waals surface area contributed by atoms with Crippen LogP contribution in [-0.4, -0.2) is 51.7 Å². The molecule has 1 saturated heterocycles. The SMILES string of the molecule is CCn1cc(C(=O)N2CCN(Cc3ccc(Cl)c(Cl)c3)CC2)cn1. The van der Waals surface area contributed by atoms with E-state index < -0.39 is 0 Å². The largest absolute Gasteiger partial charge is 0.336 e. The van der Waals surface area contributed by atoms with Crippen LogP contribution in [0.15, 0.2) is 30.6 Å². The summed E-state index contributed by atoms with van der Waals surface area (Å²) in [6.45, 7) is 6.71. The van der Waals surface area contributed by atoms with E-state index in [1.54, 1.807) is 10.9 Å². The minimum atomic E-state index is 0.0592. The molecule has 3 rings (SSSR count). The Balaban J connectivity index is 1.55. The Hall–Kier alpha value is -1.56. The molecule has 1 aliphatic rings. The van der Waals surface area contributed by atoms with E-state index >= 15 is 0 Å². The van der Waals surface area contributed by atoms with E-state index in [9.17, 15) is 4.79 Å². The summed E-state index contributed by atoms with van der Waals surface area (Å²) in [7, 11) is 0. The zero-order chi connectivity index (χ0) is 17.1. The number of nitrogens with zero attached hydrogens (tertiary/aromatic N) is 4. The van der Waals surface area contributed by atoms with Crippen molar-refractivity contribution in [3.8, 4) is 0 Å². The van der Waals surface area contributed by atoms with Gasteiger partial charge in [-0.2, -0.15) is 5.10 Å². The number of aromatic nitrogens is 2. The molecule has 0 saturated carbocycles. The van der Waals surface area contributed by atoms with Crippen LogP contribution in [0.2, 0.25) is 10.0 Å². The first kappa shape index (κ1) is 17.3. The highest BCUT2D eigenvalue weighted by Crippen LogP contribution is 2.23. The van der Waals surface area contributed by atoms with Crippen molar-refractivity contribution in [3.05, 3.63) is 51.8 Å². The zero-order valence-electron chi connectivity index (χ0n) is 13.6. The van der Waals surface area contributed by atoms with E-state index in [0.29, 0.717) is 15.6 Å². The predicted molar refractivity (Wildman–Crippen MR) is 95.5 cm³/mol. The molecule has 0 unspecified atom stereocenters. The van der Waals surface area contributed by atoms with E-state index in [-0.39, 0.29) is 5.91 Å². The Morgan fingerprint density at radius 1 is 1.17 bits per heavy atom. The minimum Gasteiger partial charge on any atom is -0.336 e. The molecule has 24 heavy (non-hydrogen) atoms. The second-order valence-corrected chi connectivity index (χ2v) is 6.72. The number of piperazine rings is 1. The molecule has 1 amide bonds. The van der Waals surface area contributed by atoms with Gasteiger partial charge < -0.3 is 4.90 Å². The van der Waals surface area contributed by atoms with Crippen molar-refractivity contribution in [1.29, 1.82) is 0 Å². The Labute approximate surface area is 151 Å². The van der Waals surface area contributed by atoms with Gasteiger partial charge in [0.15, 0.2) is 0 Å². The Morgan fingerprint density at radius 3 is 2.54 bits per heavy atom. The van der Waals surface area contributed by atoms with Crippen molar-refractivity contribution in [2.45, 2.75) is 20.0 Å². The van der Waals surface area contributed by atoms with E-state index in [2.05, 4.69) is 10.00 Å². The fourth-order valence-electron chi connectivity index (χ4n) is 2.83. The molecular weight excluding hydrogens is 347 g/mol. The summed E-state index contributed by atoms with van der Waals surface area (Å²) >= 11 is 12.0. The molecular formula is C17H20Cl2N4O. The van der Waals surface area contributed by atoms with Crippen molar-refractivity contribution in [1.82, 2.24) is 19.6 Å². The van der Waals surface area contributed by atoms with Crippen LogP contribution in [0.3, 0.4) is 0 Å². The third-order valence-electron chi connectivity index (χ3n) is 4.25. The first-order valence-electron chi connectivity index (χ1n) is 8.05. The lowest BCUT2D eigenvalue weighted by molar-refractivity contribution is 0.0628. The minimum absolute atomic E-state index is 0.0592. The number of carbonyl (C=O) groups excluding carboxylic acids is 1. The molecule has 0 radical (unpaired) electrons. The molecule has 1 fully saturated rings. The first-order chi connectivity index (χ1) is 11.6. The molecule has 1 aliphatic heterocycles. The van der Waals surface area contributed by atoms with Gasteiger partial charge in [0.05, 0.1) is 21.8 Å². The summed E-state index contributed by atoms with van der Waals surface area (Å²) in [5.41, 5.74) is 1.79. The molecule has 128 valence electrons. The molecule has 0 bridgehead atoms. The highest BCUT2D eigenvalue weighted by atomic mass is 35.5. The Bertz CT molecular complexity index is 723. The van der Waals surface area contributed by atoms with E-state index in [1.807, 2.05) is 36.2 Å². The maximum Gasteiger partial charge on any atom is 0.257 e. The van der Waals surface area contributed by atoms with Crippen molar-refractivity contribution in [2.75, 3.05) is 26.2 Å². The van der Waals surface area contributed by atoms with Crippen LogP contribution >= 0.6 is 23.2 Å². The topological polar surface area (TPSA) is 41.4 Å². The molecule has 2 aromatic rings. The fourth-order valence-corrected chi connectivity index (χ4v) is 3.16. The smallest absolute Gasteiger partial charge is 0.257 e. The lowest BCUT2D eigenvalue weighted by Crippen LogP contribution is -2.48. The summed E-state index contributed by atoms with van der Waals surface area (Å²) in [6, 6.07) is 5.72. The number of carbonyl (C=O) groups is 1. The number of halogens is 2. The number of benzene rings is 1. The Morgan fingerprint density at radius 2 is 1.92 bits per heavy atom. The van der Waals surface area contributed by atoms with Crippen molar-refractivity contribution < 1.29 is 4.79 Å². The van der Waals surface area contributed by atoms with Gasteiger partial charge in [0.2, 0.25) is 0 Å². The highest BCUT2D eigenvalue weighted by Gasteiger charge is 2.23. The van der Waals surface area contributed by atoms with Gasteiger partial charge in [-0.15, -0.1) is 0 Å². The molecule has 0 aliphatic carbocycles. The number of hydrogen-bond acceptors (Lipinski definition) is 3. The summed E-state index contributed by atoms with van der Waals surface area (Å²) in [5.74, 6) is 0.0592. The molecule has 7 heteroatoms. The molecule has 0 N–H and O–H groups in total. The van der Waals surface area contributed by atoms with Crippen LogP contribution in [-0.2, 0) is 13.1 Å². The van der Waals surface area contributed by atoms with Crippen LogP contribution in [0.4, 0.5) is 0 Å². The van der Waals surface area contributed by atoms with Gasteiger partial charge in [0.25, 0.3) is 5.91 Å². The van der Waals surface area contributed by atoms with Gasteiger partial charge in [0, 0.05) is 45.5 Å². The number of hydrogen-bond donors (Lipinski definition) is 0. The average molecular weight is 367 g/mol. The van der Waals surface area contributed by atoms with Gasteiger partial charge in [-0.05, 0) is 24.6 Å². The van der Waals surface area contributed by atoms with Crippen molar-refractivity contribution in [3.63, 3.8) is 0 Å². The van der Waals surface area contributed by atoms with Crippen molar-refractivity contribution >= 4 is 29.1 Å². The van der Waals surface area contributed by atoms with Crippen LogP contribution in [0.1, 0.15) is 22.8 Å². The van der Waals surface area contributed by atoms with Gasteiger partial charge in [-0.3, -0.25) is 14.4 Å². The standard InChI is InChI=1S/C17H20Cl2N4O/c1-2-23-12-14(10-20-23)17(24)22-7-5-21(6-8-22)11-13-3-4-15(18)16(19)9-13/h3-4,9-10,12H,2,5-8,11H2,1H3. The average Bonchev–Trinajstić information content (AvgIpc) is 3.07. The normalized spacial score (nSPS) is 15.7. The monoisotopic (exact) mass is 366 g/mol. The quantitative estimate of drug-likeness (QED) is 0.834. The van der Waals surface area contributed by atoms with Gasteiger partial charge in [-0.25, -0.2) is 0 Å². The van der Waals surface area contributed by atoms with E-state index in [0.717, 1.165) is 44.8 Å². The van der Waals surface area contributed by atoms with Crippen LogP contribution in [0.25, 0.3) is 0 Å². The molecule has 1 aromatic carbocycles. The molecule has 0 atom stereocenters. The Kier molecular flexibility index (Phi) is 5.43. The third kappa shape index (κ3) is 3.91. The summed E-state index contributed by atoms with van der Waals surface area (Å²) < 4.78 is 1.77. The lowest BCUT2D eigenvalue weighted by Gasteiger charge is -2.34. The van der Waals surface area contributed by atoms with E-state index in [1.165, 1.54) is 0 Å². The van der Waals surface area contributed by atoms with Crippen molar-refractivity contribution in [2.24, 2.45) is 0 Å². The van der Waals surface area contributed by atoms with E-state index in [4.69, 9.17) is 23.2 Å². The maximum atomic E-state index is 12.5. The second-order valence-electron chi connectivity index (χ2n) is 5.90. The predicted octanol–water partition coefficient (Wildman–Crippen LogP) is 3.17. The van der Waals surface area contributed by atoms with Crippen LogP contribution in [0.5, 0.6) is 0 Å². The molecule has 0 spiro atoms. The zero-order valence-corrected chi connectivity index (χ0v) is 15.1. The molecule has 5 nitrogen and oxygen atoms in total. The number of rotatable bonds is 4.